The van der Waals surface area contributed by atoms with Crippen molar-refractivity contribution in [2.24, 2.45) is 0 Å². The third-order valence-electron chi connectivity index (χ3n) is 4.60. The van der Waals surface area contributed by atoms with Gasteiger partial charge < -0.3 is 14.3 Å². The summed E-state index contributed by atoms with van der Waals surface area (Å²) in [6, 6.07) is 12.3. The predicted molar refractivity (Wildman–Crippen MR) is 98.8 cm³/mol. The number of nitrogens with one attached hydrogen (secondary N) is 1. The zero-order valence-corrected chi connectivity index (χ0v) is 14.3. The summed E-state index contributed by atoms with van der Waals surface area (Å²) in [6.07, 6.45) is 5.20. The van der Waals surface area contributed by atoms with Crippen molar-refractivity contribution in [3.05, 3.63) is 58.5 Å². The van der Waals surface area contributed by atoms with E-state index < -0.39 is 0 Å². The molecule has 1 N–H and O–H groups in total. The smallest absolute Gasteiger partial charge is 0.298 e. The molecule has 2 aromatic heterocycles. The SMILES string of the molecule is Cc1ccc(-c2nc(N3CCCCC3)oc2-c2cc[nH]c(=O)c2)cc1. The average molecular weight is 335 g/mol. The van der Waals surface area contributed by atoms with Gasteiger partial charge in [-0.2, -0.15) is 4.98 Å². The van der Waals surface area contributed by atoms with Crippen LogP contribution in [0.1, 0.15) is 24.8 Å². The van der Waals surface area contributed by atoms with Gasteiger partial charge >= 0.3 is 0 Å². The van der Waals surface area contributed by atoms with Crippen molar-refractivity contribution in [3.8, 4) is 22.6 Å². The molecule has 1 aromatic carbocycles. The van der Waals surface area contributed by atoms with E-state index in [2.05, 4.69) is 28.9 Å². The van der Waals surface area contributed by atoms with E-state index in [1.165, 1.54) is 12.0 Å². The normalized spacial score (nSPS) is 14.7. The molecular formula is C20H21N3O2. The second kappa shape index (κ2) is 6.59. The Morgan fingerprint density at radius 1 is 1.04 bits per heavy atom. The van der Waals surface area contributed by atoms with Crippen LogP contribution in [0.2, 0.25) is 0 Å². The van der Waals surface area contributed by atoms with Gasteiger partial charge in [0.2, 0.25) is 5.56 Å². The van der Waals surface area contributed by atoms with Crippen LogP contribution in [-0.2, 0) is 0 Å². The maximum Gasteiger partial charge on any atom is 0.298 e. The number of piperidine rings is 1. The van der Waals surface area contributed by atoms with E-state index in [0.29, 0.717) is 11.8 Å². The summed E-state index contributed by atoms with van der Waals surface area (Å²) >= 11 is 0. The zero-order valence-electron chi connectivity index (χ0n) is 14.3. The van der Waals surface area contributed by atoms with Gasteiger partial charge in [-0.15, -0.1) is 0 Å². The second-order valence-corrected chi connectivity index (χ2v) is 6.53. The molecule has 0 bridgehead atoms. The number of rotatable bonds is 3. The van der Waals surface area contributed by atoms with Crippen molar-refractivity contribution in [1.82, 2.24) is 9.97 Å². The summed E-state index contributed by atoms with van der Waals surface area (Å²) < 4.78 is 6.14. The van der Waals surface area contributed by atoms with Gasteiger partial charge in [-0.1, -0.05) is 29.8 Å². The lowest BCUT2D eigenvalue weighted by molar-refractivity contribution is 0.498. The van der Waals surface area contributed by atoms with E-state index >= 15 is 0 Å². The molecule has 128 valence electrons. The molecule has 3 aromatic rings. The lowest BCUT2D eigenvalue weighted by atomic mass is 10.1. The Bertz CT molecular complexity index is 919. The first-order valence-electron chi connectivity index (χ1n) is 8.73. The number of hydrogen-bond acceptors (Lipinski definition) is 4. The van der Waals surface area contributed by atoms with Crippen molar-refractivity contribution < 1.29 is 4.42 Å². The van der Waals surface area contributed by atoms with Crippen LogP contribution >= 0.6 is 0 Å². The number of aromatic amines is 1. The minimum atomic E-state index is -0.150. The van der Waals surface area contributed by atoms with Gasteiger partial charge in [0.1, 0.15) is 5.69 Å². The standard InChI is InChI=1S/C20H21N3O2/c1-14-5-7-15(8-6-14)18-19(16-9-10-21-17(24)13-16)25-20(22-18)23-11-3-2-4-12-23/h5-10,13H,2-4,11-12H2,1H3,(H,21,24). The monoisotopic (exact) mass is 335 g/mol. The van der Waals surface area contributed by atoms with Crippen LogP contribution in [0.4, 0.5) is 6.01 Å². The van der Waals surface area contributed by atoms with E-state index in [9.17, 15) is 4.79 Å². The third kappa shape index (κ3) is 3.22. The molecule has 0 unspecified atom stereocenters. The summed E-state index contributed by atoms with van der Waals surface area (Å²) in [5.41, 5.74) is 3.57. The molecular weight excluding hydrogens is 314 g/mol. The Labute approximate surface area is 146 Å². The van der Waals surface area contributed by atoms with Crippen LogP contribution in [-0.4, -0.2) is 23.1 Å². The fourth-order valence-electron chi connectivity index (χ4n) is 3.22. The highest BCUT2D eigenvalue weighted by atomic mass is 16.4. The third-order valence-corrected chi connectivity index (χ3v) is 4.60. The summed E-state index contributed by atoms with van der Waals surface area (Å²) in [5.74, 6) is 0.649. The van der Waals surface area contributed by atoms with E-state index in [4.69, 9.17) is 9.40 Å². The summed E-state index contributed by atoms with van der Waals surface area (Å²) in [7, 11) is 0. The molecule has 4 rings (SSSR count). The number of oxazole rings is 1. The van der Waals surface area contributed by atoms with E-state index in [1.54, 1.807) is 12.3 Å². The Hall–Kier alpha value is -2.82. The topological polar surface area (TPSA) is 62.1 Å². The van der Waals surface area contributed by atoms with Crippen LogP contribution in [0, 0.1) is 6.92 Å². The number of hydrogen-bond donors (Lipinski definition) is 1. The fourth-order valence-corrected chi connectivity index (χ4v) is 3.22. The molecule has 1 aliphatic rings. The van der Waals surface area contributed by atoms with Crippen LogP contribution in [0.5, 0.6) is 0 Å². The second-order valence-electron chi connectivity index (χ2n) is 6.53. The highest BCUT2D eigenvalue weighted by Gasteiger charge is 2.22. The van der Waals surface area contributed by atoms with Crippen molar-refractivity contribution >= 4 is 6.01 Å². The first kappa shape index (κ1) is 15.7. The molecule has 1 fully saturated rings. The zero-order chi connectivity index (χ0) is 17.2. The highest BCUT2D eigenvalue weighted by Crippen LogP contribution is 2.35. The largest absolute Gasteiger partial charge is 0.423 e. The summed E-state index contributed by atoms with van der Waals surface area (Å²) in [4.78, 5) is 21.4. The molecule has 3 heterocycles. The van der Waals surface area contributed by atoms with Crippen LogP contribution in [0.25, 0.3) is 22.6 Å². The van der Waals surface area contributed by atoms with E-state index in [1.807, 2.05) is 18.2 Å². The molecule has 0 saturated carbocycles. The maximum absolute atomic E-state index is 11.7. The Morgan fingerprint density at radius 3 is 2.52 bits per heavy atom. The van der Waals surface area contributed by atoms with Gasteiger partial charge in [0, 0.05) is 36.5 Å². The van der Waals surface area contributed by atoms with Crippen LogP contribution < -0.4 is 10.5 Å². The minimum absolute atomic E-state index is 0.150. The minimum Gasteiger partial charge on any atom is -0.423 e. The summed E-state index contributed by atoms with van der Waals surface area (Å²) in [6.45, 7) is 3.98. The molecule has 1 aliphatic heterocycles. The Balaban J connectivity index is 1.83. The van der Waals surface area contributed by atoms with Crippen LogP contribution in [0.3, 0.4) is 0 Å². The molecule has 1 saturated heterocycles. The van der Waals surface area contributed by atoms with Crippen molar-refractivity contribution in [3.63, 3.8) is 0 Å². The molecule has 0 radical (unpaired) electrons. The lowest BCUT2D eigenvalue weighted by Gasteiger charge is -2.24. The van der Waals surface area contributed by atoms with Gasteiger partial charge in [0.15, 0.2) is 5.76 Å². The van der Waals surface area contributed by atoms with Gasteiger partial charge in [-0.05, 0) is 32.3 Å². The number of pyridine rings is 1. The van der Waals surface area contributed by atoms with Crippen molar-refractivity contribution in [1.29, 1.82) is 0 Å². The molecule has 25 heavy (non-hydrogen) atoms. The highest BCUT2D eigenvalue weighted by molar-refractivity contribution is 5.78. The van der Waals surface area contributed by atoms with E-state index in [0.717, 1.165) is 42.8 Å². The number of aromatic nitrogens is 2. The van der Waals surface area contributed by atoms with Gasteiger partial charge in [0.25, 0.3) is 6.01 Å². The number of anilines is 1. The quantitative estimate of drug-likeness (QED) is 0.786. The van der Waals surface area contributed by atoms with Gasteiger partial charge in [0.05, 0.1) is 0 Å². The predicted octanol–water partition coefficient (Wildman–Crippen LogP) is 4.00. The average Bonchev–Trinajstić information content (AvgIpc) is 3.08. The van der Waals surface area contributed by atoms with Crippen molar-refractivity contribution in [2.45, 2.75) is 26.2 Å². The summed E-state index contributed by atoms with van der Waals surface area (Å²) in [5, 5.41) is 0. The fraction of sp³-hybridized carbons (Fsp3) is 0.300. The molecule has 5 heteroatoms. The Kier molecular flexibility index (Phi) is 4.14. The molecule has 0 spiro atoms. The number of nitrogens with zero attached hydrogens (tertiary/aromatic N) is 2. The number of aryl methyl sites for hydroxylation is 1. The van der Waals surface area contributed by atoms with Gasteiger partial charge in [-0.3, -0.25) is 4.79 Å². The molecule has 0 atom stereocenters. The van der Waals surface area contributed by atoms with Gasteiger partial charge in [-0.25, -0.2) is 0 Å². The maximum atomic E-state index is 11.7. The first-order chi connectivity index (χ1) is 12.2. The van der Waals surface area contributed by atoms with E-state index in [-0.39, 0.29) is 5.56 Å². The number of H-pyrrole nitrogens is 1. The lowest BCUT2D eigenvalue weighted by Crippen LogP contribution is -2.29. The molecule has 0 aliphatic carbocycles. The van der Waals surface area contributed by atoms with Crippen LogP contribution in [0.15, 0.2) is 51.8 Å². The Morgan fingerprint density at radius 2 is 1.80 bits per heavy atom. The molecule has 5 nitrogen and oxygen atoms in total. The molecule has 0 amide bonds. The number of benzene rings is 1. The first-order valence-corrected chi connectivity index (χ1v) is 8.73. The van der Waals surface area contributed by atoms with Crippen molar-refractivity contribution in [2.75, 3.05) is 18.0 Å².